The summed E-state index contributed by atoms with van der Waals surface area (Å²) >= 11 is 0. The van der Waals surface area contributed by atoms with E-state index in [1.807, 2.05) is 30.3 Å². The first-order valence-electron chi connectivity index (χ1n) is 10.1. The second kappa shape index (κ2) is 9.02. The lowest BCUT2D eigenvalue weighted by molar-refractivity contribution is -0.117. The third-order valence-corrected chi connectivity index (χ3v) is 5.36. The maximum Gasteiger partial charge on any atom is 0.254 e. The Hall–Kier alpha value is -3.30. The first-order valence-corrected chi connectivity index (χ1v) is 10.1. The number of carbonyl (C=O) groups is 2. The zero-order valence-corrected chi connectivity index (χ0v) is 16.8. The highest BCUT2D eigenvalue weighted by atomic mass is 16.5. The van der Waals surface area contributed by atoms with Crippen molar-refractivity contribution in [2.75, 3.05) is 37.7 Å². The van der Waals surface area contributed by atoms with Gasteiger partial charge in [-0.3, -0.25) is 9.59 Å². The summed E-state index contributed by atoms with van der Waals surface area (Å²) in [5, 5.41) is 0. The van der Waals surface area contributed by atoms with Crippen LogP contribution in [0.4, 0.5) is 5.69 Å². The Morgan fingerprint density at radius 3 is 2.77 bits per heavy atom. The number of carbonyl (C=O) groups excluding carboxylic acids is 2. The van der Waals surface area contributed by atoms with E-state index in [1.54, 1.807) is 28.0 Å². The first kappa shape index (κ1) is 20.0. The van der Waals surface area contributed by atoms with Crippen molar-refractivity contribution >= 4 is 17.5 Å². The van der Waals surface area contributed by atoms with E-state index in [9.17, 15) is 9.59 Å². The largest absolute Gasteiger partial charge is 0.491 e. The van der Waals surface area contributed by atoms with Crippen molar-refractivity contribution in [3.63, 3.8) is 0 Å². The molecule has 154 valence electrons. The summed E-state index contributed by atoms with van der Waals surface area (Å²) < 4.78 is 11.6. The molecule has 0 saturated carbocycles. The Bertz CT molecular complexity index is 964. The highest BCUT2D eigenvalue weighted by Crippen LogP contribution is 2.22. The SMILES string of the molecule is C#Cc1cccc(OCC2CN(C(=O)c3ccc(N4CCCC4=O)cc3)CCO2)c1. The van der Waals surface area contributed by atoms with E-state index in [-0.39, 0.29) is 17.9 Å². The number of nitrogens with zero attached hydrogens (tertiary/aromatic N) is 2. The molecule has 2 aliphatic heterocycles. The first-order chi connectivity index (χ1) is 14.6. The summed E-state index contributed by atoms with van der Waals surface area (Å²) in [6.45, 7) is 2.54. The molecular formula is C24H24N2O4. The number of anilines is 1. The molecule has 2 fully saturated rings. The van der Waals surface area contributed by atoms with E-state index in [2.05, 4.69) is 5.92 Å². The van der Waals surface area contributed by atoms with Crippen LogP contribution in [0.25, 0.3) is 0 Å². The maximum atomic E-state index is 12.9. The fourth-order valence-electron chi connectivity index (χ4n) is 3.76. The molecule has 0 radical (unpaired) electrons. The Labute approximate surface area is 176 Å². The molecule has 0 N–H and O–H groups in total. The van der Waals surface area contributed by atoms with Crippen molar-refractivity contribution in [2.24, 2.45) is 0 Å². The Balaban J connectivity index is 1.35. The molecule has 6 heteroatoms. The van der Waals surface area contributed by atoms with Crippen molar-refractivity contribution in [1.29, 1.82) is 0 Å². The fourth-order valence-corrected chi connectivity index (χ4v) is 3.76. The van der Waals surface area contributed by atoms with Gasteiger partial charge in [0.2, 0.25) is 5.91 Å². The number of morpholine rings is 1. The average Bonchev–Trinajstić information content (AvgIpc) is 3.23. The van der Waals surface area contributed by atoms with E-state index in [0.717, 1.165) is 24.2 Å². The second-order valence-corrected chi connectivity index (χ2v) is 7.42. The van der Waals surface area contributed by atoms with Gasteiger partial charge in [0.25, 0.3) is 5.91 Å². The highest BCUT2D eigenvalue weighted by molar-refractivity contribution is 5.97. The third-order valence-electron chi connectivity index (χ3n) is 5.36. The van der Waals surface area contributed by atoms with E-state index in [1.165, 1.54) is 0 Å². The Kier molecular flexibility index (Phi) is 6.01. The molecule has 1 atom stereocenters. The van der Waals surface area contributed by atoms with Crippen LogP contribution in [0.2, 0.25) is 0 Å². The predicted molar refractivity (Wildman–Crippen MR) is 114 cm³/mol. The summed E-state index contributed by atoms with van der Waals surface area (Å²) in [6, 6.07) is 14.6. The fraction of sp³-hybridized carbons (Fsp3) is 0.333. The monoisotopic (exact) mass is 404 g/mol. The molecule has 30 heavy (non-hydrogen) atoms. The number of rotatable bonds is 5. The normalized spacial score (nSPS) is 18.9. The van der Waals surface area contributed by atoms with Gasteiger partial charge in [-0.2, -0.15) is 0 Å². The molecule has 6 nitrogen and oxygen atoms in total. The number of ether oxygens (including phenoxy) is 2. The number of hydrogen-bond acceptors (Lipinski definition) is 4. The molecule has 2 aromatic rings. The Morgan fingerprint density at radius 2 is 2.03 bits per heavy atom. The summed E-state index contributed by atoms with van der Waals surface area (Å²) in [5.74, 6) is 3.36. The number of benzene rings is 2. The van der Waals surface area contributed by atoms with Crippen molar-refractivity contribution < 1.29 is 19.1 Å². The van der Waals surface area contributed by atoms with Gasteiger partial charge in [0.05, 0.1) is 13.2 Å². The Morgan fingerprint density at radius 1 is 1.20 bits per heavy atom. The molecule has 2 amide bonds. The van der Waals surface area contributed by atoms with Crippen LogP contribution in [0.1, 0.15) is 28.8 Å². The van der Waals surface area contributed by atoms with Crippen LogP contribution < -0.4 is 9.64 Å². The minimum atomic E-state index is -0.210. The highest BCUT2D eigenvalue weighted by Gasteiger charge is 2.26. The average molecular weight is 404 g/mol. The van der Waals surface area contributed by atoms with Gasteiger partial charge in [-0.1, -0.05) is 12.0 Å². The standard InChI is InChI=1S/C24H24N2O4/c1-2-18-5-3-6-21(15-18)30-17-22-16-25(13-14-29-22)24(28)19-8-10-20(11-9-19)26-12-4-7-23(26)27/h1,3,5-6,8-11,15,22H,4,7,12-14,16-17H2. The van der Waals surface area contributed by atoms with Crippen molar-refractivity contribution in [3.8, 4) is 18.1 Å². The zero-order chi connectivity index (χ0) is 20.9. The molecule has 4 rings (SSSR count). The van der Waals surface area contributed by atoms with Gasteiger partial charge in [-0.25, -0.2) is 0 Å². The topological polar surface area (TPSA) is 59.1 Å². The van der Waals surface area contributed by atoms with Crippen LogP contribution in [-0.4, -0.2) is 55.7 Å². The molecule has 2 saturated heterocycles. The van der Waals surface area contributed by atoms with E-state index < -0.39 is 0 Å². The summed E-state index contributed by atoms with van der Waals surface area (Å²) in [7, 11) is 0. The molecular weight excluding hydrogens is 380 g/mol. The molecule has 2 aromatic carbocycles. The smallest absolute Gasteiger partial charge is 0.254 e. The molecule has 2 aliphatic rings. The molecule has 2 heterocycles. The van der Waals surface area contributed by atoms with E-state index in [4.69, 9.17) is 15.9 Å². The number of terminal acetylenes is 1. The van der Waals surface area contributed by atoms with E-state index in [0.29, 0.717) is 44.0 Å². The van der Waals surface area contributed by atoms with Crippen LogP contribution in [0.3, 0.4) is 0 Å². The summed E-state index contributed by atoms with van der Waals surface area (Å²) in [4.78, 5) is 28.4. The molecule has 0 spiro atoms. The third kappa shape index (κ3) is 4.47. The van der Waals surface area contributed by atoms with Crippen molar-refractivity contribution in [1.82, 2.24) is 4.90 Å². The van der Waals surface area contributed by atoms with Crippen LogP contribution in [0, 0.1) is 12.3 Å². The van der Waals surface area contributed by atoms with Gasteiger partial charge in [0, 0.05) is 36.3 Å². The molecule has 0 aliphatic carbocycles. The van der Waals surface area contributed by atoms with Crippen molar-refractivity contribution in [3.05, 3.63) is 59.7 Å². The minimum Gasteiger partial charge on any atom is -0.491 e. The second-order valence-electron chi connectivity index (χ2n) is 7.42. The molecule has 0 bridgehead atoms. The predicted octanol–water partition coefficient (Wildman–Crippen LogP) is 2.71. The molecule has 0 aromatic heterocycles. The van der Waals surface area contributed by atoms with Crippen molar-refractivity contribution in [2.45, 2.75) is 18.9 Å². The van der Waals surface area contributed by atoms with Crippen LogP contribution in [0.5, 0.6) is 5.75 Å². The summed E-state index contributed by atoms with van der Waals surface area (Å²) in [5.41, 5.74) is 2.21. The molecule has 1 unspecified atom stereocenters. The lowest BCUT2D eigenvalue weighted by atomic mass is 10.1. The van der Waals surface area contributed by atoms with Crippen LogP contribution in [-0.2, 0) is 9.53 Å². The zero-order valence-electron chi connectivity index (χ0n) is 16.8. The van der Waals surface area contributed by atoms with Gasteiger partial charge in [-0.15, -0.1) is 6.42 Å². The van der Waals surface area contributed by atoms with Crippen LogP contribution >= 0.6 is 0 Å². The lowest BCUT2D eigenvalue weighted by Crippen LogP contribution is -2.47. The van der Waals surface area contributed by atoms with Gasteiger partial charge >= 0.3 is 0 Å². The van der Waals surface area contributed by atoms with E-state index >= 15 is 0 Å². The summed E-state index contributed by atoms with van der Waals surface area (Å²) in [6.07, 6.45) is 6.68. The maximum absolute atomic E-state index is 12.9. The van der Waals surface area contributed by atoms with Gasteiger partial charge in [0.15, 0.2) is 0 Å². The quantitative estimate of drug-likeness (QED) is 0.719. The van der Waals surface area contributed by atoms with Gasteiger partial charge in [-0.05, 0) is 48.9 Å². The lowest BCUT2D eigenvalue weighted by Gasteiger charge is -2.33. The van der Waals surface area contributed by atoms with Crippen LogP contribution in [0.15, 0.2) is 48.5 Å². The number of hydrogen-bond donors (Lipinski definition) is 0. The van der Waals surface area contributed by atoms with Gasteiger partial charge < -0.3 is 19.3 Å². The minimum absolute atomic E-state index is 0.0445. The number of amides is 2. The van der Waals surface area contributed by atoms with Gasteiger partial charge in [0.1, 0.15) is 18.5 Å².